The molecule has 0 aliphatic heterocycles. The molecule has 0 bridgehead atoms. The molecule has 2 rings (SSSR count). The first-order chi connectivity index (χ1) is 12.4. The van der Waals surface area contributed by atoms with Crippen LogP contribution in [0.4, 0.5) is 13.2 Å². The molecule has 0 radical (unpaired) electrons. The summed E-state index contributed by atoms with van der Waals surface area (Å²) in [6, 6.07) is 12.6. The van der Waals surface area contributed by atoms with Gasteiger partial charge in [0.15, 0.2) is 5.96 Å². The number of halogens is 4. The molecule has 0 aliphatic carbocycles. The van der Waals surface area contributed by atoms with Crippen LogP contribution in [-0.4, -0.2) is 30.3 Å². The van der Waals surface area contributed by atoms with E-state index in [-0.39, 0.29) is 36.1 Å². The third-order valence-electron chi connectivity index (χ3n) is 3.66. The van der Waals surface area contributed by atoms with Crippen molar-refractivity contribution in [2.45, 2.75) is 25.7 Å². The summed E-state index contributed by atoms with van der Waals surface area (Å²) in [6.07, 6.45) is -3.38. The normalized spacial score (nSPS) is 11.6. The van der Waals surface area contributed by atoms with E-state index in [1.54, 1.807) is 22.9 Å². The van der Waals surface area contributed by atoms with Crippen molar-refractivity contribution in [3.63, 3.8) is 0 Å². The Kier molecular flexibility index (Phi) is 9.33. The van der Waals surface area contributed by atoms with E-state index in [4.69, 9.17) is 0 Å². The van der Waals surface area contributed by atoms with Gasteiger partial charge in [-0.2, -0.15) is 13.2 Å². The number of aromatic nitrogens is 1. The fraction of sp³-hybridized carbons (Fsp3) is 0.333. The van der Waals surface area contributed by atoms with Gasteiger partial charge in [-0.3, -0.25) is 9.79 Å². The number of guanidine groups is 1. The van der Waals surface area contributed by atoms with Crippen LogP contribution >= 0.6 is 24.0 Å². The minimum Gasteiger partial charge on any atom is -0.356 e. The van der Waals surface area contributed by atoms with Crippen molar-refractivity contribution in [1.82, 2.24) is 15.2 Å². The van der Waals surface area contributed by atoms with Gasteiger partial charge in [0, 0.05) is 32.4 Å². The smallest absolute Gasteiger partial charge is 0.356 e. The molecule has 2 aromatic rings. The number of alkyl halides is 3. The van der Waals surface area contributed by atoms with E-state index in [0.717, 1.165) is 11.1 Å². The van der Waals surface area contributed by atoms with Crippen molar-refractivity contribution in [2.24, 2.45) is 4.99 Å². The van der Waals surface area contributed by atoms with Gasteiger partial charge in [-0.1, -0.05) is 30.3 Å². The van der Waals surface area contributed by atoms with Crippen LogP contribution in [-0.2, 0) is 13.1 Å². The molecule has 5 nitrogen and oxygen atoms in total. The van der Waals surface area contributed by atoms with Crippen LogP contribution in [0.2, 0.25) is 0 Å². The third-order valence-corrected chi connectivity index (χ3v) is 3.66. The molecule has 148 valence electrons. The minimum atomic E-state index is -4.19. The molecule has 0 aliphatic rings. The topological polar surface area (TPSA) is 58.4 Å². The summed E-state index contributed by atoms with van der Waals surface area (Å²) in [5, 5.41) is 5.59. The van der Waals surface area contributed by atoms with E-state index in [1.807, 2.05) is 24.3 Å². The van der Waals surface area contributed by atoms with E-state index in [2.05, 4.69) is 15.6 Å². The predicted molar refractivity (Wildman–Crippen MR) is 111 cm³/mol. The highest BCUT2D eigenvalue weighted by atomic mass is 127. The van der Waals surface area contributed by atoms with Crippen molar-refractivity contribution >= 4 is 29.9 Å². The highest BCUT2D eigenvalue weighted by molar-refractivity contribution is 14.0. The molecule has 9 heteroatoms. The molecular weight excluding hydrogens is 472 g/mol. The monoisotopic (exact) mass is 494 g/mol. The van der Waals surface area contributed by atoms with Crippen LogP contribution in [0.5, 0.6) is 0 Å². The number of aliphatic imine (C=N–C) groups is 1. The van der Waals surface area contributed by atoms with Crippen LogP contribution in [0.15, 0.2) is 58.4 Å². The molecule has 0 spiro atoms. The SMILES string of the molecule is CN=C(NCCC(F)(F)F)NCc1ccc(Cn2ccccc2=O)cc1.I. The first-order valence-corrected chi connectivity index (χ1v) is 8.12. The van der Waals surface area contributed by atoms with Crippen molar-refractivity contribution in [2.75, 3.05) is 13.6 Å². The molecule has 1 aromatic carbocycles. The van der Waals surface area contributed by atoms with Crippen molar-refractivity contribution < 1.29 is 13.2 Å². The van der Waals surface area contributed by atoms with Gasteiger partial charge in [0.05, 0.1) is 13.0 Å². The second-order valence-corrected chi connectivity index (χ2v) is 5.70. The number of hydrogen-bond donors (Lipinski definition) is 2. The Labute approximate surface area is 172 Å². The molecule has 0 saturated heterocycles. The van der Waals surface area contributed by atoms with Gasteiger partial charge < -0.3 is 15.2 Å². The number of nitrogens with one attached hydrogen (secondary N) is 2. The van der Waals surface area contributed by atoms with Crippen LogP contribution in [0.1, 0.15) is 17.5 Å². The Morgan fingerprint density at radius 2 is 1.74 bits per heavy atom. The van der Waals surface area contributed by atoms with E-state index < -0.39 is 12.6 Å². The van der Waals surface area contributed by atoms with E-state index in [0.29, 0.717) is 19.0 Å². The Bertz CT molecular complexity index is 788. The zero-order valence-corrected chi connectivity index (χ0v) is 17.1. The fourth-order valence-electron chi connectivity index (χ4n) is 2.28. The Morgan fingerprint density at radius 3 is 2.33 bits per heavy atom. The highest BCUT2D eigenvalue weighted by Gasteiger charge is 2.26. The van der Waals surface area contributed by atoms with Gasteiger partial charge in [0.1, 0.15) is 0 Å². The van der Waals surface area contributed by atoms with Gasteiger partial charge in [-0.05, 0) is 17.2 Å². The van der Waals surface area contributed by atoms with E-state index in [9.17, 15) is 18.0 Å². The molecule has 0 amide bonds. The molecule has 27 heavy (non-hydrogen) atoms. The van der Waals surface area contributed by atoms with Crippen LogP contribution in [0, 0.1) is 0 Å². The zero-order chi connectivity index (χ0) is 19.0. The molecular formula is C18H22F3IN4O. The van der Waals surface area contributed by atoms with E-state index >= 15 is 0 Å². The van der Waals surface area contributed by atoms with Crippen molar-refractivity contribution in [3.05, 3.63) is 70.1 Å². The summed E-state index contributed by atoms with van der Waals surface area (Å²) < 4.78 is 38.1. The maximum absolute atomic E-state index is 12.2. The zero-order valence-electron chi connectivity index (χ0n) is 14.8. The molecule has 2 N–H and O–H groups in total. The lowest BCUT2D eigenvalue weighted by Crippen LogP contribution is -2.38. The number of benzene rings is 1. The number of rotatable bonds is 6. The second kappa shape index (κ2) is 11.0. The standard InChI is InChI=1S/C18H21F3N4O.HI/c1-22-17(23-10-9-18(19,20)21)24-12-14-5-7-15(8-6-14)13-25-11-3-2-4-16(25)26;/h2-8,11H,9-10,12-13H2,1H3,(H2,22,23,24);1H. The van der Waals surface area contributed by atoms with Gasteiger partial charge in [0.2, 0.25) is 0 Å². The molecule has 0 fully saturated rings. The lowest BCUT2D eigenvalue weighted by Gasteiger charge is -2.13. The summed E-state index contributed by atoms with van der Waals surface area (Å²) in [5.41, 5.74) is 1.87. The average molecular weight is 494 g/mol. The van der Waals surface area contributed by atoms with Gasteiger partial charge in [-0.25, -0.2) is 0 Å². The molecule has 1 aromatic heterocycles. The summed E-state index contributed by atoms with van der Waals surface area (Å²) in [7, 11) is 1.50. The molecule has 0 saturated carbocycles. The fourth-order valence-corrected chi connectivity index (χ4v) is 2.28. The predicted octanol–water partition coefficient (Wildman–Crippen LogP) is 3.13. The Balaban J connectivity index is 0.00000364. The lowest BCUT2D eigenvalue weighted by molar-refractivity contribution is -0.132. The lowest BCUT2D eigenvalue weighted by atomic mass is 10.1. The van der Waals surface area contributed by atoms with Gasteiger partial charge in [0.25, 0.3) is 5.56 Å². The van der Waals surface area contributed by atoms with Crippen molar-refractivity contribution in [1.29, 1.82) is 0 Å². The summed E-state index contributed by atoms with van der Waals surface area (Å²) in [4.78, 5) is 15.6. The minimum absolute atomic E-state index is 0. The molecule has 1 heterocycles. The van der Waals surface area contributed by atoms with Crippen molar-refractivity contribution in [3.8, 4) is 0 Å². The number of nitrogens with zero attached hydrogens (tertiary/aromatic N) is 2. The maximum atomic E-state index is 12.2. The average Bonchev–Trinajstić information content (AvgIpc) is 2.60. The number of hydrogen-bond acceptors (Lipinski definition) is 2. The Morgan fingerprint density at radius 1 is 1.07 bits per heavy atom. The number of pyridine rings is 1. The summed E-state index contributed by atoms with van der Waals surface area (Å²) in [5.74, 6) is 0.314. The van der Waals surface area contributed by atoms with Gasteiger partial charge in [-0.15, -0.1) is 24.0 Å². The molecule has 0 unspecified atom stereocenters. The third kappa shape index (κ3) is 8.46. The molecule has 0 atom stereocenters. The maximum Gasteiger partial charge on any atom is 0.390 e. The largest absolute Gasteiger partial charge is 0.390 e. The van der Waals surface area contributed by atoms with Crippen LogP contribution in [0.3, 0.4) is 0 Å². The quantitative estimate of drug-likeness (QED) is 0.369. The Hall–Kier alpha value is -2.04. The second-order valence-electron chi connectivity index (χ2n) is 5.70. The van der Waals surface area contributed by atoms with Crippen LogP contribution in [0.25, 0.3) is 0 Å². The highest BCUT2D eigenvalue weighted by Crippen LogP contribution is 2.18. The van der Waals surface area contributed by atoms with Crippen LogP contribution < -0.4 is 16.2 Å². The first kappa shape index (κ1) is 23.0. The summed E-state index contributed by atoms with van der Waals surface area (Å²) in [6.45, 7) is 0.680. The first-order valence-electron chi connectivity index (χ1n) is 8.12. The van der Waals surface area contributed by atoms with Gasteiger partial charge >= 0.3 is 6.18 Å². The van der Waals surface area contributed by atoms with E-state index in [1.165, 1.54) is 13.1 Å². The summed E-state index contributed by atoms with van der Waals surface area (Å²) >= 11 is 0.